The van der Waals surface area contributed by atoms with Gasteiger partial charge in [0.15, 0.2) is 0 Å². The zero-order chi connectivity index (χ0) is 11.2. The largest absolute Gasteiger partial charge is 0.382 e. The minimum atomic E-state index is -3.99. The van der Waals surface area contributed by atoms with E-state index in [2.05, 4.69) is 5.32 Å². The molecule has 1 aliphatic rings. The Hall–Kier alpha value is -1.14. The molecule has 0 radical (unpaired) electrons. The fraction of sp³-hybridized carbons (Fsp3) is 0.333. The lowest BCUT2D eigenvalue weighted by molar-refractivity contribution is 0.567. The highest BCUT2D eigenvalue weighted by molar-refractivity contribution is 7.89. The highest BCUT2D eigenvalue weighted by atomic mass is 32.2. The van der Waals surface area contributed by atoms with Gasteiger partial charge in [0, 0.05) is 11.7 Å². The monoisotopic (exact) mass is 230 g/mol. The first-order chi connectivity index (χ1) is 6.88. The molecular formula is C9H11FN2O2S. The molecular weight excluding hydrogens is 219 g/mol. The van der Waals surface area contributed by atoms with Crippen molar-refractivity contribution in [1.82, 2.24) is 0 Å². The fourth-order valence-corrected chi connectivity index (χ4v) is 2.38. The van der Waals surface area contributed by atoms with Gasteiger partial charge in [-0.2, -0.15) is 0 Å². The summed E-state index contributed by atoms with van der Waals surface area (Å²) in [5.74, 6) is -0.785. The molecule has 3 N–H and O–H groups in total. The summed E-state index contributed by atoms with van der Waals surface area (Å²) in [5.41, 5.74) is 1.43. The Balaban J connectivity index is 2.59. The van der Waals surface area contributed by atoms with Crippen molar-refractivity contribution in [2.75, 3.05) is 5.32 Å². The molecule has 6 heteroatoms. The van der Waals surface area contributed by atoms with E-state index in [1.807, 2.05) is 6.92 Å². The van der Waals surface area contributed by atoms with Gasteiger partial charge in [-0.15, -0.1) is 0 Å². The second kappa shape index (κ2) is 3.18. The number of halogens is 1. The Labute approximate surface area is 87.3 Å². The number of hydrogen-bond acceptors (Lipinski definition) is 3. The maximum Gasteiger partial charge on any atom is 0.241 e. The van der Waals surface area contributed by atoms with E-state index in [9.17, 15) is 12.8 Å². The van der Waals surface area contributed by atoms with Crippen molar-refractivity contribution in [3.05, 3.63) is 23.5 Å². The van der Waals surface area contributed by atoms with E-state index in [0.29, 0.717) is 12.1 Å². The number of sulfonamides is 1. The van der Waals surface area contributed by atoms with Crippen molar-refractivity contribution in [3.63, 3.8) is 0 Å². The molecule has 1 atom stereocenters. The third-order valence-electron chi connectivity index (χ3n) is 2.39. The van der Waals surface area contributed by atoms with E-state index in [4.69, 9.17) is 5.14 Å². The Morgan fingerprint density at radius 1 is 1.53 bits per heavy atom. The highest BCUT2D eigenvalue weighted by Crippen LogP contribution is 2.29. The van der Waals surface area contributed by atoms with Crippen LogP contribution in [0.2, 0.25) is 0 Å². The number of nitrogens with one attached hydrogen (secondary N) is 1. The smallest absolute Gasteiger partial charge is 0.241 e. The molecule has 0 aliphatic carbocycles. The Bertz CT molecular complexity index is 513. The minimum Gasteiger partial charge on any atom is -0.382 e. The van der Waals surface area contributed by atoms with Crippen LogP contribution in [0.25, 0.3) is 0 Å². The third kappa shape index (κ3) is 1.82. The van der Waals surface area contributed by atoms with Crippen LogP contribution >= 0.6 is 0 Å². The van der Waals surface area contributed by atoms with Crippen LogP contribution < -0.4 is 10.5 Å². The lowest BCUT2D eigenvalue weighted by Gasteiger charge is -2.05. The first kappa shape index (κ1) is 10.4. The van der Waals surface area contributed by atoms with E-state index in [1.54, 1.807) is 0 Å². The number of benzene rings is 1. The summed E-state index contributed by atoms with van der Waals surface area (Å²) in [6, 6.07) is 2.67. The molecule has 1 aromatic carbocycles. The summed E-state index contributed by atoms with van der Waals surface area (Å²) >= 11 is 0. The van der Waals surface area contributed by atoms with E-state index >= 15 is 0 Å². The fourth-order valence-electron chi connectivity index (χ4n) is 1.76. The summed E-state index contributed by atoms with van der Waals surface area (Å²) in [5, 5.41) is 7.94. The molecule has 2 rings (SSSR count). The van der Waals surface area contributed by atoms with Crippen molar-refractivity contribution >= 4 is 15.7 Å². The van der Waals surface area contributed by atoms with Crippen LogP contribution in [0.5, 0.6) is 0 Å². The Morgan fingerprint density at radius 2 is 2.20 bits per heavy atom. The molecule has 1 aliphatic heterocycles. The molecule has 0 saturated carbocycles. The molecule has 0 fully saturated rings. The van der Waals surface area contributed by atoms with Crippen LogP contribution in [0.4, 0.5) is 10.1 Å². The summed E-state index contributed by atoms with van der Waals surface area (Å²) in [7, 11) is -3.99. The van der Waals surface area contributed by atoms with Gasteiger partial charge < -0.3 is 5.32 Å². The van der Waals surface area contributed by atoms with E-state index in [1.165, 1.54) is 12.1 Å². The maximum atomic E-state index is 13.4. The maximum absolute atomic E-state index is 13.4. The molecule has 0 saturated heterocycles. The van der Waals surface area contributed by atoms with E-state index in [-0.39, 0.29) is 6.04 Å². The van der Waals surface area contributed by atoms with Gasteiger partial charge in [-0.1, -0.05) is 0 Å². The average molecular weight is 230 g/mol. The van der Waals surface area contributed by atoms with Crippen LogP contribution in [0.3, 0.4) is 0 Å². The molecule has 82 valence electrons. The van der Waals surface area contributed by atoms with Gasteiger partial charge in [-0.05, 0) is 31.0 Å². The number of primary sulfonamides is 1. The summed E-state index contributed by atoms with van der Waals surface area (Å²) < 4.78 is 35.5. The summed E-state index contributed by atoms with van der Waals surface area (Å²) in [4.78, 5) is -0.456. The zero-order valence-corrected chi connectivity index (χ0v) is 8.94. The van der Waals surface area contributed by atoms with Crippen molar-refractivity contribution in [1.29, 1.82) is 0 Å². The van der Waals surface area contributed by atoms with Crippen LogP contribution in [-0.2, 0) is 16.4 Å². The van der Waals surface area contributed by atoms with Crippen LogP contribution in [0.1, 0.15) is 12.5 Å². The van der Waals surface area contributed by atoms with Crippen molar-refractivity contribution < 1.29 is 12.8 Å². The highest BCUT2D eigenvalue weighted by Gasteiger charge is 2.23. The summed E-state index contributed by atoms with van der Waals surface area (Å²) in [6.45, 7) is 1.94. The molecule has 15 heavy (non-hydrogen) atoms. The molecule has 4 nitrogen and oxygen atoms in total. The molecule has 0 bridgehead atoms. The molecule has 0 aromatic heterocycles. The number of rotatable bonds is 1. The topological polar surface area (TPSA) is 72.2 Å². The number of fused-ring (bicyclic) bond motifs is 1. The van der Waals surface area contributed by atoms with Gasteiger partial charge in [0.1, 0.15) is 10.7 Å². The van der Waals surface area contributed by atoms with E-state index in [0.717, 1.165) is 5.56 Å². The van der Waals surface area contributed by atoms with Crippen molar-refractivity contribution in [3.8, 4) is 0 Å². The van der Waals surface area contributed by atoms with Crippen LogP contribution in [-0.4, -0.2) is 14.5 Å². The van der Waals surface area contributed by atoms with Gasteiger partial charge in [0.25, 0.3) is 0 Å². The summed E-state index contributed by atoms with van der Waals surface area (Å²) in [6.07, 6.45) is 0.692. The SMILES string of the molecule is C[C@H]1Cc2cc(F)c(S(N)(=O)=O)cc2N1. The minimum absolute atomic E-state index is 0.190. The lowest BCUT2D eigenvalue weighted by atomic mass is 10.1. The van der Waals surface area contributed by atoms with Gasteiger partial charge in [-0.25, -0.2) is 17.9 Å². The molecule has 0 amide bonds. The predicted molar refractivity (Wildman–Crippen MR) is 54.6 cm³/mol. The quantitative estimate of drug-likeness (QED) is 0.750. The second-order valence-electron chi connectivity index (χ2n) is 3.73. The van der Waals surface area contributed by atoms with Crippen LogP contribution in [0.15, 0.2) is 17.0 Å². The number of nitrogens with two attached hydrogens (primary N) is 1. The molecule has 1 aromatic rings. The lowest BCUT2D eigenvalue weighted by Crippen LogP contribution is -2.14. The van der Waals surface area contributed by atoms with Gasteiger partial charge in [0.05, 0.1) is 0 Å². The van der Waals surface area contributed by atoms with Crippen LogP contribution in [0, 0.1) is 5.82 Å². The first-order valence-corrected chi connectivity index (χ1v) is 6.04. The molecule has 0 spiro atoms. The van der Waals surface area contributed by atoms with Gasteiger partial charge >= 0.3 is 0 Å². The molecule has 1 heterocycles. The standard InChI is InChI=1S/C9H11FN2O2S/c1-5-2-6-3-7(10)9(15(11,13)14)4-8(6)12-5/h3-5,12H,2H2,1H3,(H2,11,13,14)/t5-/m0/s1. The molecule has 0 unspecified atom stereocenters. The third-order valence-corrected chi connectivity index (χ3v) is 3.32. The van der Waals surface area contributed by atoms with Gasteiger partial charge in [0.2, 0.25) is 10.0 Å². The average Bonchev–Trinajstić information content (AvgIpc) is 2.40. The zero-order valence-electron chi connectivity index (χ0n) is 8.12. The van der Waals surface area contributed by atoms with Crippen molar-refractivity contribution in [2.24, 2.45) is 5.14 Å². The Kier molecular flexibility index (Phi) is 2.20. The first-order valence-electron chi connectivity index (χ1n) is 4.49. The van der Waals surface area contributed by atoms with Gasteiger partial charge in [-0.3, -0.25) is 0 Å². The van der Waals surface area contributed by atoms with Crippen molar-refractivity contribution in [2.45, 2.75) is 24.3 Å². The van der Waals surface area contributed by atoms with E-state index < -0.39 is 20.7 Å². The Morgan fingerprint density at radius 3 is 2.80 bits per heavy atom. The number of hydrogen-bond donors (Lipinski definition) is 2. The predicted octanol–water partition coefficient (Wildman–Crippen LogP) is 0.830. The normalized spacial score (nSPS) is 19.8. The number of anilines is 1. The second-order valence-corrected chi connectivity index (χ2v) is 5.26.